The van der Waals surface area contributed by atoms with E-state index in [1.54, 1.807) is 0 Å². The number of hydrogen-bond donors (Lipinski definition) is 0. The summed E-state index contributed by atoms with van der Waals surface area (Å²) in [6, 6.07) is 0. The second-order valence-corrected chi connectivity index (χ2v) is 4.82. The van der Waals surface area contributed by atoms with Gasteiger partial charge in [0.15, 0.2) is 0 Å². The molecule has 0 aromatic carbocycles. The molecule has 0 aliphatic carbocycles. The van der Waals surface area contributed by atoms with Gasteiger partial charge >= 0.3 is 0 Å². The summed E-state index contributed by atoms with van der Waals surface area (Å²) < 4.78 is 6.05. The van der Waals surface area contributed by atoms with Crippen molar-refractivity contribution >= 4 is 0 Å². The first kappa shape index (κ1) is 11.0. The smallest absolute Gasteiger partial charge is 0.113 e. The molecule has 0 spiro atoms. The topological polar surface area (TPSA) is 12.5 Å². The second kappa shape index (κ2) is 4.43. The fourth-order valence-corrected chi connectivity index (χ4v) is 1.97. The van der Waals surface area contributed by atoms with E-state index in [0.29, 0.717) is 24.2 Å². The lowest BCUT2D eigenvalue weighted by Gasteiger charge is -2.41. The molecule has 78 valence electrons. The Kier molecular flexibility index (Phi) is 3.74. The molecule has 2 unspecified atom stereocenters. The zero-order valence-corrected chi connectivity index (χ0v) is 9.58. The predicted molar refractivity (Wildman–Crippen MR) is 55.6 cm³/mol. The number of hydrogen-bond acceptors (Lipinski definition) is 2. The molecule has 13 heavy (non-hydrogen) atoms. The highest BCUT2D eigenvalue weighted by molar-refractivity contribution is 4.75. The van der Waals surface area contributed by atoms with Crippen LogP contribution >= 0.6 is 0 Å². The Balaban J connectivity index is 2.53. The fourth-order valence-electron chi connectivity index (χ4n) is 1.97. The van der Waals surface area contributed by atoms with Gasteiger partial charge in [-0.05, 0) is 25.3 Å². The summed E-state index contributed by atoms with van der Waals surface area (Å²) in [5.41, 5.74) is 0. The van der Waals surface area contributed by atoms with Crippen LogP contribution < -0.4 is 0 Å². The minimum atomic E-state index is 0.321. The molecule has 0 radical (unpaired) electrons. The molecule has 1 saturated heterocycles. The molecule has 1 fully saturated rings. The Hall–Kier alpha value is -0.0800. The lowest BCUT2D eigenvalue weighted by atomic mass is 10.0. The third kappa shape index (κ3) is 2.68. The van der Waals surface area contributed by atoms with Gasteiger partial charge in [-0.15, -0.1) is 0 Å². The van der Waals surface area contributed by atoms with E-state index in [2.05, 4.69) is 39.6 Å². The van der Waals surface area contributed by atoms with Crippen LogP contribution in [0.2, 0.25) is 0 Å². The van der Waals surface area contributed by atoms with Crippen LogP contribution in [0.3, 0.4) is 0 Å². The molecule has 1 rings (SSSR count). The molecule has 0 saturated carbocycles. The van der Waals surface area contributed by atoms with Crippen molar-refractivity contribution < 1.29 is 4.74 Å². The first-order valence-corrected chi connectivity index (χ1v) is 5.38. The van der Waals surface area contributed by atoms with Gasteiger partial charge in [-0.25, -0.2) is 0 Å². The van der Waals surface area contributed by atoms with Gasteiger partial charge in [0.05, 0.1) is 6.10 Å². The van der Waals surface area contributed by atoms with Crippen LogP contribution in [0.25, 0.3) is 0 Å². The van der Waals surface area contributed by atoms with Crippen molar-refractivity contribution in [2.45, 2.75) is 46.4 Å². The van der Waals surface area contributed by atoms with Gasteiger partial charge < -0.3 is 4.74 Å². The maximum atomic E-state index is 6.05. The summed E-state index contributed by atoms with van der Waals surface area (Å²) in [5, 5.41) is 0. The zero-order chi connectivity index (χ0) is 10.0. The zero-order valence-electron chi connectivity index (χ0n) is 9.58. The van der Waals surface area contributed by atoms with Crippen LogP contribution in [0.5, 0.6) is 0 Å². The summed E-state index contributed by atoms with van der Waals surface area (Å²) in [5.74, 6) is 1.24. The summed E-state index contributed by atoms with van der Waals surface area (Å²) in [6.07, 6.45) is 1.96. The monoisotopic (exact) mass is 185 g/mol. The molecule has 0 bridgehead atoms. The Morgan fingerprint density at radius 2 is 1.77 bits per heavy atom. The first-order chi connectivity index (χ1) is 6.02. The normalized spacial score (nSPS) is 31.6. The Labute approximate surface area is 82.3 Å². The Morgan fingerprint density at radius 3 is 2.23 bits per heavy atom. The van der Waals surface area contributed by atoms with Crippen LogP contribution in [-0.4, -0.2) is 30.8 Å². The average Bonchev–Trinajstić information content (AvgIpc) is 2.04. The van der Waals surface area contributed by atoms with E-state index in [9.17, 15) is 0 Å². The van der Waals surface area contributed by atoms with Gasteiger partial charge in [-0.3, -0.25) is 4.90 Å². The first-order valence-electron chi connectivity index (χ1n) is 5.38. The van der Waals surface area contributed by atoms with E-state index in [-0.39, 0.29) is 0 Å². The molecular weight excluding hydrogens is 162 g/mol. The summed E-state index contributed by atoms with van der Waals surface area (Å²) in [7, 11) is 2.15. The van der Waals surface area contributed by atoms with Crippen molar-refractivity contribution in [3.63, 3.8) is 0 Å². The molecular formula is C11H23NO. The lowest BCUT2D eigenvalue weighted by Crippen LogP contribution is -2.48. The van der Waals surface area contributed by atoms with Crippen molar-refractivity contribution in [2.75, 3.05) is 13.6 Å². The molecule has 2 atom stereocenters. The minimum absolute atomic E-state index is 0.321. The van der Waals surface area contributed by atoms with E-state index < -0.39 is 0 Å². The van der Waals surface area contributed by atoms with Crippen molar-refractivity contribution in [3.05, 3.63) is 0 Å². The number of ether oxygens (including phenoxy) is 1. The van der Waals surface area contributed by atoms with Gasteiger partial charge in [-0.2, -0.15) is 0 Å². The average molecular weight is 185 g/mol. The number of nitrogens with zero attached hydrogens (tertiary/aromatic N) is 1. The van der Waals surface area contributed by atoms with E-state index in [1.807, 2.05) is 0 Å². The Morgan fingerprint density at radius 1 is 1.15 bits per heavy atom. The molecule has 2 heteroatoms. The molecule has 1 aliphatic rings. The van der Waals surface area contributed by atoms with Crippen molar-refractivity contribution in [2.24, 2.45) is 11.8 Å². The molecule has 0 N–H and O–H groups in total. The van der Waals surface area contributed by atoms with E-state index in [1.165, 1.54) is 13.0 Å². The molecule has 0 aromatic rings. The lowest BCUT2D eigenvalue weighted by molar-refractivity contribution is -0.162. The van der Waals surface area contributed by atoms with Crippen molar-refractivity contribution in [3.8, 4) is 0 Å². The second-order valence-electron chi connectivity index (χ2n) is 4.82. The minimum Gasteiger partial charge on any atom is -0.359 e. The summed E-state index contributed by atoms with van der Waals surface area (Å²) in [6.45, 7) is 10.1. The molecule has 1 aliphatic heterocycles. The van der Waals surface area contributed by atoms with Crippen LogP contribution in [0.15, 0.2) is 0 Å². The number of rotatable bonds is 2. The SMILES string of the molecule is CC(C)C1CCN(C)C(C(C)C)O1. The van der Waals surface area contributed by atoms with E-state index in [0.717, 1.165) is 0 Å². The van der Waals surface area contributed by atoms with Crippen LogP contribution in [0.1, 0.15) is 34.1 Å². The summed E-state index contributed by atoms with van der Waals surface area (Å²) in [4.78, 5) is 2.32. The van der Waals surface area contributed by atoms with Crippen molar-refractivity contribution in [1.82, 2.24) is 4.90 Å². The van der Waals surface area contributed by atoms with Crippen LogP contribution in [0.4, 0.5) is 0 Å². The summed E-state index contributed by atoms with van der Waals surface area (Å²) >= 11 is 0. The Bertz CT molecular complexity index is 156. The standard InChI is InChI=1S/C11H23NO/c1-8(2)10-6-7-12(5)11(13-10)9(3)4/h8-11H,6-7H2,1-5H3. The van der Waals surface area contributed by atoms with Gasteiger partial charge in [0, 0.05) is 6.54 Å². The molecule has 0 amide bonds. The van der Waals surface area contributed by atoms with Crippen LogP contribution in [-0.2, 0) is 4.74 Å². The third-order valence-corrected chi connectivity index (χ3v) is 2.83. The largest absolute Gasteiger partial charge is 0.359 e. The van der Waals surface area contributed by atoms with E-state index in [4.69, 9.17) is 4.74 Å². The van der Waals surface area contributed by atoms with Gasteiger partial charge in [-0.1, -0.05) is 27.7 Å². The quantitative estimate of drug-likeness (QED) is 0.655. The predicted octanol–water partition coefficient (Wildman–Crippen LogP) is 2.35. The fraction of sp³-hybridized carbons (Fsp3) is 1.00. The van der Waals surface area contributed by atoms with Gasteiger partial charge in [0.1, 0.15) is 6.23 Å². The molecule has 1 heterocycles. The van der Waals surface area contributed by atoms with Crippen molar-refractivity contribution in [1.29, 1.82) is 0 Å². The molecule has 2 nitrogen and oxygen atoms in total. The van der Waals surface area contributed by atoms with Crippen LogP contribution in [0, 0.1) is 11.8 Å². The highest BCUT2D eigenvalue weighted by Crippen LogP contribution is 2.24. The van der Waals surface area contributed by atoms with Gasteiger partial charge in [0.25, 0.3) is 0 Å². The van der Waals surface area contributed by atoms with E-state index >= 15 is 0 Å². The maximum Gasteiger partial charge on any atom is 0.113 e. The maximum absolute atomic E-state index is 6.05. The highest BCUT2D eigenvalue weighted by atomic mass is 16.5. The van der Waals surface area contributed by atoms with Gasteiger partial charge in [0.2, 0.25) is 0 Å². The molecule has 0 aromatic heterocycles. The third-order valence-electron chi connectivity index (χ3n) is 2.83. The highest BCUT2D eigenvalue weighted by Gasteiger charge is 2.29.